The van der Waals surface area contributed by atoms with Gasteiger partial charge in [-0.1, -0.05) is 65.7 Å². The molecule has 0 aromatic heterocycles. The molecule has 1 heterocycles. The van der Waals surface area contributed by atoms with Gasteiger partial charge in [-0.15, -0.1) is 0 Å². The minimum Gasteiger partial charge on any atom is -0.545 e. The Morgan fingerprint density at radius 1 is 1.06 bits per heavy atom. The van der Waals surface area contributed by atoms with Crippen LogP contribution in [0.5, 0.6) is 5.75 Å². The summed E-state index contributed by atoms with van der Waals surface area (Å²) in [6, 6.07) is 18.7. The van der Waals surface area contributed by atoms with Gasteiger partial charge in [0.1, 0.15) is 12.4 Å². The van der Waals surface area contributed by atoms with E-state index in [0.29, 0.717) is 31.6 Å². The van der Waals surface area contributed by atoms with Crippen molar-refractivity contribution in [1.82, 2.24) is 5.32 Å². The number of amidine groups is 1. The van der Waals surface area contributed by atoms with Crippen molar-refractivity contribution in [3.8, 4) is 5.75 Å². The van der Waals surface area contributed by atoms with Crippen molar-refractivity contribution in [2.45, 2.75) is 6.61 Å². The monoisotopic (exact) mass is 497 g/mol. The quantitative estimate of drug-likeness (QED) is 0.492. The summed E-state index contributed by atoms with van der Waals surface area (Å²) in [6.07, 6.45) is 1.75. The van der Waals surface area contributed by atoms with Gasteiger partial charge in [-0.2, -0.15) is 0 Å². The Hall–Kier alpha value is -3.26. The van der Waals surface area contributed by atoms with E-state index < -0.39 is 5.97 Å². The van der Waals surface area contributed by atoms with E-state index in [1.807, 2.05) is 12.1 Å². The summed E-state index contributed by atoms with van der Waals surface area (Å²) in [5.74, 6) is -0.826. The van der Waals surface area contributed by atoms with Gasteiger partial charge in [0, 0.05) is 0 Å². The second kappa shape index (κ2) is 10.1. The molecule has 0 atom stereocenters. The third kappa shape index (κ3) is 5.76. The Morgan fingerprint density at radius 3 is 2.48 bits per heavy atom. The van der Waals surface area contributed by atoms with Crippen LogP contribution in [-0.2, 0) is 11.4 Å². The van der Waals surface area contributed by atoms with Crippen LogP contribution in [0.4, 0.5) is 5.69 Å². The third-order valence-corrected chi connectivity index (χ3v) is 6.30. The van der Waals surface area contributed by atoms with E-state index in [9.17, 15) is 14.7 Å². The largest absolute Gasteiger partial charge is 0.545 e. The van der Waals surface area contributed by atoms with Crippen molar-refractivity contribution in [3.63, 3.8) is 0 Å². The van der Waals surface area contributed by atoms with Crippen LogP contribution in [0.25, 0.3) is 6.08 Å². The van der Waals surface area contributed by atoms with Gasteiger partial charge in [0.2, 0.25) is 0 Å². The molecule has 166 valence electrons. The molecule has 9 heteroatoms. The lowest BCUT2D eigenvalue weighted by Crippen LogP contribution is -2.22. The third-order valence-electron chi connectivity index (χ3n) is 4.58. The molecule has 0 bridgehead atoms. The molecular formula is C24H15Cl2N2O4S-. The number of halogens is 2. The fourth-order valence-electron chi connectivity index (χ4n) is 2.88. The summed E-state index contributed by atoms with van der Waals surface area (Å²) in [4.78, 5) is 28.0. The molecular weight excluding hydrogens is 483 g/mol. The number of rotatable bonds is 6. The predicted molar refractivity (Wildman–Crippen MR) is 129 cm³/mol. The van der Waals surface area contributed by atoms with Gasteiger partial charge in [-0.25, -0.2) is 4.99 Å². The number of benzene rings is 3. The summed E-state index contributed by atoms with van der Waals surface area (Å²) in [6.45, 7) is 0.290. The topological polar surface area (TPSA) is 90.8 Å². The van der Waals surface area contributed by atoms with E-state index in [0.717, 1.165) is 11.1 Å². The number of aliphatic imine (C=N–C) groups is 1. The molecule has 3 aromatic carbocycles. The van der Waals surface area contributed by atoms with Crippen LogP contribution in [0.1, 0.15) is 21.5 Å². The van der Waals surface area contributed by atoms with Crippen LogP contribution in [-0.4, -0.2) is 17.0 Å². The van der Waals surface area contributed by atoms with Crippen LogP contribution in [0, 0.1) is 0 Å². The summed E-state index contributed by atoms with van der Waals surface area (Å²) in [5.41, 5.74) is 2.25. The predicted octanol–water partition coefficient (Wildman–Crippen LogP) is 4.83. The van der Waals surface area contributed by atoms with Gasteiger partial charge in [0.15, 0.2) is 5.17 Å². The fourth-order valence-corrected chi connectivity index (χ4v) is 4.06. The molecule has 0 aliphatic carbocycles. The lowest BCUT2D eigenvalue weighted by Gasteiger charge is -2.08. The zero-order chi connectivity index (χ0) is 23.4. The van der Waals surface area contributed by atoms with Gasteiger partial charge in [-0.3, -0.25) is 4.79 Å². The number of nitrogens with zero attached hydrogens (tertiary/aromatic N) is 1. The van der Waals surface area contributed by atoms with E-state index in [-0.39, 0.29) is 18.1 Å². The van der Waals surface area contributed by atoms with Gasteiger partial charge < -0.3 is 20.0 Å². The van der Waals surface area contributed by atoms with Gasteiger partial charge in [0.25, 0.3) is 5.91 Å². The maximum absolute atomic E-state index is 12.3. The van der Waals surface area contributed by atoms with Gasteiger partial charge in [0.05, 0.1) is 26.6 Å². The summed E-state index contributed by atoms with van der Waals surface area (Å²) in [5, 5.41) is 14.7. The van der Waals surface area contributed by atoms with Crippen molar-refractivity contribution in [2.75, 3.05) is 0 Å². The maximum atomic E-state index is 12.3. The number of ether oxygens (including phenoxy) is 1. The Labute approximate surface area is 203 Å². The highest BCUT2D eigenvalue weighted by Crippen LogP contribution is 2.34. The first-order chi connectivity index (χ1) is 15.9. The number of thioether (sulfide) groups is 1. The second-order valence-corrected chi connectivity index (χ2v) is 8.71. The Morgan fingerprint density at radius 2 is 1.79 bits per heavy atom. The zero-order valence-corrected chi connectivity index (χ0v) is 19.2. The maximum Gasteiger partial charge on any atom is 0.264 e. The van der Waals surface area contributed by atoms with Crippen molar-refractivity contribution in [2.24, 2.45) is 4.99 Å². The number of aromatic carboxylic acids is 1. The first-order valence-corrected chi connectivity index (χ1v) is 11.2. The summed E-state index contributed by atoms with van der Waals surface area (Å²) in [7, 11) is 0. The number of hydrogen-bond acceptors (Lipinski definition) is 6. The SMILES string of the molecule is O=C1NC(=Nc2cccc(Cl)c2Cl)S/C1=C\c1ccc(OCc2ccc(C(=O)[O-])cc2)cc1. The number of carbonyl (C=O) groups is 2. The molecule has 1 fully saturated rings. The van der Waals surface area contributed by atoms with Crippen molar-refractivity contribution >= 4 is 63.8 Å². The molecule has 0 unspecified atom stereocenters. The van der Waals surface area contributed by atoms with Crippen LogP contribution < -0.4 is 15.2 Å². The van der Waals surface area contributed by atoms with Crippen molar-refractivity contribution < 1.29 is 19.4 Å². The molecule has 0 radical (unpaired) electrons. The molecule has 0 saturated carbocycles. The Kier molecular flexibility index (Phi) is 7.03. The minimum absolute atomic E-state index is 0.119. The molecule has 3 aromatic rings. The number of hydrogen-bond donors (Lipinski definition) is 1. The molecule has 6 nitrogen and oxygen atoms in total. The average molecular weight is 498 g/mol. The average Bonchev–Trinajstić information content (AvgIpc) is 3.15. The fraction of sp³-hybridized carbons (Fsp3) is 0.0417. The lowest BCUT2D eigenvalue weighted by atomic mass is 10.1. The molecule has 1 N–H and O–H groups in total. The Balaban J connectivity index is 1.40. The first kappa shape index (κ1) is 22.9. The molecule has 1 aliphatic heterocycles. The molecule has 1 aliphatic rings. The van der Waals surface area contributed by atoms with Crippen LogP contribution in [0.2, 0.25) is 10.0 Å². The van der Waals surface area contributed by atoms with E-state index in [2.05, 4.69) is 10.3 Å². The number of carboxylic acids is 1. The molecule has 4 rings (SSSR count). The molecule has 1 saturated heterocycles. The van der Waals surface area contributed by atoms with Crippen molar-refractivity contribution in [3.05, 3.63) is 98.4 Å². The highest BCUT2D eigenvalue weighted by molar-refractivity contribution is 8.18. The van der Waals surface area contributed by atoms with E-state index >= 15 is 0 Å². The molecule has 33 heavy (non-hydrogen) atoms. The highest BCUT2D eigenvalue weighted by Gasteiger charge is 2.24. The van der Waals surface area contributed by atoms with Crippen LogP contribution in [0.3, 0.4) is 0 Å². The lowest BCUT2D eigenvalue weighted by molar-refractivity contribution is -0.255. The number of carbonyl (C=O) groups excluding carboxylic acids is 2. The standard InChI is InChI=1S/C24H16Cl2N2O4S/c25-18-2-1-3-19(21(18)26)27-24-28-22(29)20(33-24)12-14-6-10-17(11-7-14)32-13-15-4-8-16(9-5-15)23(30)31/h1-12H,13H2,(H,30,31)(H,27,28,29)/p-1/b20-12-. The second-order valence-electron chi connectivity index (χ2n) is 6.90. The normalized spacial score (nSPS) is 15.6. The molecule has 1 amide bonds. The van der Waals surface area contributed by atoms with Crippen LogP contribution >= 0.6 is 35.0 Å². The number of nitrogens with one attached hydrogen (secondary N) is 1. The van der Waals surface area contributed by atoms with Crippen molar-refractivity contribution in [1.29, 1.82) is 0 Å². The Bertz CT molecular complexity index is 1270. The number of carboxylic acid groups (broad SMARTS) is 1. The van der Waals surface area contributed by atoms with E-state index in [1.54, 1.807) is 48.5 Å². The van der Waals surface area contributed by atoms with E-state index in [1.165, 1.54) is 23.9 Å². The molecule has 0 spiro atoms. The summed E-state index contributed by atoms with van der Waals surface area (Å²) < 4.78 is 5.73. The minimum atomic E-state index is -1.21. The number of amides is 1. The van der Waals surface area contributed by atoms with Crippen LogP contribution in [0.15, 0.2) is 76.6 Å². The summed E-state index contributed by atoms with van der Waals surface area (Å²) >= 11 is 13.4. The van der Waals surface area contributed by atoms with Gasteiger partial charge in [-0.05, 0) is 58.8 Å². The zero-order valence-electron chi connectivity index (χ0n) is 16.9. The highest BCUT2D eigenvalue weighted by atomic mass is 35.5. The van der Waals surface area contributed by atoms with E-state index in [4.69, 9.17) is 27.9 Å². The first-order valence-electron chi connectivity index (χ1n) is 9.66. The smallest absolute Gasteiger partial charge is 0.264 e. The van der Waals surface area contributed by atoms with Gasteiger partial charge >= 0.3 is 0 Å².